The van der Waals surface area contributed by atoms with E-state index in [0.717, 1.165) is 12.0 Å². The van der Waals surface area contributed by atoms with Crippen molar-refractivity contribution in [1.29, 1.82) is 0 Å². The summed E-state index contributed by atoms with van der Waals surface area (Å²) < 4.78 is 1.57. The first-order valence-electron chi connectivity index (χ1n) is 6.65. The molecule has 1 fully saturated rings. The van der Waals surface area contributed by atoms with Crippen LogP contribution in [0, 0.1) is 5.92 Å². The number of nitrogens with two attached hydrogens (primary N) is 1. The first-order valence-corrected chi connectivity index (χ1v) is 6.65. The molecule has 0 saturated heterocycles. The fraction of sp³-hybridized carbons (Fsp3) is 0.333. The number of hydrogen-bond donors (Lipinski definition) is 2. The fourth-order valence-electron chi connectivity index (χ4n) is 2.89. The van der Waals surface area contributed by atoms with Crippen molar-refractivity contribution in [2.45, 2.75) is 18.4 Å². The summed E-state index contributed by atoms with van der Waals surface area (Å²) >= 11 is 0. The van der Waals surface area contributed by atoms with Crippen LogP contribution in [-0.2, 0) is 12.0 Å². The molecule has 1 saturated carbocycles. The topological polar surface area (TPSA) is 81.1 Å². The molecule has 0 radical (unpaired) electrons. The molecule has 3 N–H and O–H groups in total. The van der Waals surface area contributed by atoms with Gasteiger partial charge in [0.05, 0.1) is 0 Å². The molecule has 5 heteroatoms. The summed E-state index contributed by atoms with van der Waals surface area (Å²) in [5, 5.41) is 9.47. The van der Waals surface area contributed by atoms with Gasteiger partial charge in [-0.3, -0.25) is 4.57 Å². The largest absolute Gasteiger partial charge is 0.396 e. The van der Waals surface area contributed by atoms with Gasteiger partial charge in [-0.15, -0.1) is 0 Å². The van der Waals surface area contributed by atoms with Gasteiger partial charge >= 0.3 is 5.69 Å². The van der Waals surface area contributed by atoms with Gasteiger partial charge in [-0.25, -0.2) is 4.79 Å². The van der Waals surface area contributed by atoms with Crippen LogP contribution >= 0.6 is 0 Å². The van der Waals surface area contributed by atoms with Gasteiger partial charge in [-0.05, 0) is 24.0 Å². The highest BCUT2D eigenvalue weighted by atomic mass is 16.3. The Morgan fingerprint density at radius 3 is 2.70 bits per heavy atom. The van der Waals surface area contributed by atoms with Crippen molar-refractivity contribution in [1.82, 2.24) is 9.55 Å². The third-order valence-corrected chi connectivity index (χ3v) is 4.15. The number of rotatable bonds is 4. The third-order valence-electron chi connectivity index (χ3n) is 4.15. The van der Waals surface area contributed by atoms with Gasteiger partial charge in [0, 0.05) is 24.8 Å². The van der Waals surface area contributed by atoms with Crippen LogP contribution in [0.3, 0.4) is 0 Å². The predicted octanol–water partition coefficient (Wildman–Crippen LogP) is 0.776. The van der Waals surface area contributed by atoms with Gasteiger partial charge in [-0.2, -0.15) is 4.98 Å². The number of anilines is 1. The Morgan fingerprint density at radius 2 is 2.10 bits per heavy atom. The number of benzene rings is 1. The lowest BCUT2D eigenvalue weighted by molar-refractivity contribution is 0.258. The van der Waals surface area contributed by atoms with Crippen molar-refractivity contribution in [2.75, 3.05) is 12.3 Å². The summed E-state index contributed by atoms with van der Waals surface area (Å²) in [4.78, 5) is 15.6. The highest BCUT2D eigenvalue weighted by molar-refractivity contribution is 5.34. The molecule has 1 aliphatic carbocycles. The van der Waals surface area contributed by atoms with E-state index < -0.39 is 0 Å². The van der Waals surface area contributed by atoms with Crippen molar-refractivity contribution in [3.8, 4) is 0 Å². The Morgan fingerprint density at radius 1 is 1.35 bits per heavy atom. The molecular weight excluding hydrogens is 254 g/mol. The zero-order chi connectivity index (χ0) is 14.2. The lowest BCUT2D eigenvalue weighted by Crippen LogP contribution is -2.30. The van der Waals surface area contributed by atoms with Crippen molar-refractivity contribution in [2.24, 2.45) is 5.92 Å². The maximum atomic E-state index is 11.9. The smallest absolute Gasteiger partial charge is 0.349 e. The highest BCUT2D eigenvalue weighted by Crippen LogP contribution is 2.54. The van der Waals surface area contributed by atoms with Crippen LogP contribution in [0.2, 0.25) is 0 Å². The molecule has 20 heavy (non-hydrogen) atoms. The van der Waals surface area contributed by atoms with E-state index in [4.69, 9.17) is 5.73 Å². The molecule has 0 aliphatic heterocycles. The predicted molar refractivity (Wildman–Crippen MR) is 76.2 cm³/mol. The summed E-state index contributed by atoms with van der Waals surface area (Å²) in [7, 11) is 0. The molecule has 0 bridgehead atoms. The number of aromatic nitrogens is 2. The first-order chi connectivity index (χ1) is 9.65. The minimum Gasteiger partial charge on any atom is -0.396 e. The number of aliphatic hydroxyl groups excluding tert-OH is 1. The van der Waals surface area contributed by atoms with E-state index in [1.54, 1.807) is 16.8 Å². The van der Waals surface area contributed by atoms with E-state index in [2.05, 4.69) is 4.98 Å². The zero-order valence-corrected chi connectivity index (χ0v) is 11.1. The van der Waals surface area contributed by atoms with Crippen molar-refractivity contribution >= 4 is 5.82 Å². The molecule has 1 aliphatic rings. The highest BCUT2D eigenvalue weighted by Gasteiger charge is 2.54. The van der Waals surface area contributed by atoms with Gasteiger partial charge in [0.25, 0.3) is 0 Å². The lowest BCUT2D eigenvalue weighted by Gasteiger charge is -2.19. The van der Waals surface area contributed by atoms with Crippen LogP contribution in [0.4, 0.5) is 5.82 Å². The second-order valence-corrected chi connectivity index (χ2v) is 5.37. The van der Waals surface area contributed by atoms with Gasteiger partial charge in [0.15, 0.2) is 0 Å². The molecule has 5 nitrogen and oxygen atoms in total. The van der Waals surface area contributed by atoms with E-state index in [-0.39, 0.29) is 29.4 Å². The summed E-state index contributed by atoms with van der Waals surface area (Å²) in [6.45, 7) is 0.653. The molecule has 2 aromatic rings. The quantitative estimate of drug-likeness (QED) is 0.861. The third kappa shape index (κ3) is 2.10. The second kappa shape index (κ2) is 4.76. The van der Waals surface area contributed by atoms with Crippen LogP contribution in [0.1, 0.15) is 12.0 Å². The summed E-state index contributed by atoms with van der Waals surface area (Å²) in [6.07, 6.45) is 2.55. The summed E-state index contributed by atoms with van der Waals surface area (Å²) in [6, 6.07) is 11.6. The maximum absolute atomic E-state index is 11.9. The number of nitrogen functional groups attached to an aromatic ring is 1. The van der Waals surface area contributed by atoms with Crippen LogP contribution < -0.4 is 11.4 Å². The minimum absolute atomic E-state index is 0.131. The Hall–Kier alpha value is -2.14. The van der Waals surface area contributed by atoms with E-state index >= 15 is 0 Å². The Kier molecular flexibility index (Phi) is 3.06. The Balaban J connectivity index is 1.96. The number of hydrogen-bond acceptors (Lipinski definition) is 4. The van der Waals surface area contributed by atoms with Crippen molar-refractivity contribution in [3.63, 3.8) is 0 Å². The maximum Gasteiger partial charge on any atom is 0.349 e. The molecular formula is C15H17N3O2. The van der Waals surface area contributed by atoms with E-state index in [1.807, 2.05) is 30.3 Å². The van der Waals surface area contributed by atoms with Crippen LogP contribution in [-0.4, -0.2) is 21.3 Å². The minimum atomic E-state index is -0.344. The van der Waals surface area contributed by atoms with Gasteiger partial charge in [0.2, 0.25) is 0 Å². The monoisotopic (exact) mass is 271 g/mol. The Bertz CT molecular complexity index is 668. The lowest BCUT2D eigenvalue weighted by atomic mass is 9.93. The van der Waals surface area contributed by atoms with Gasteiger partial charge < -0.3 is 10.8 Å². The van der Waals surface area contributed by atoms with Gasteiger partial charge in [0.1, 0.15) is 5.82 Å². The molecule has 0 spiro atoms. The van der Waals surface area contributed by atoms with Gasteiger partial charge in [-0.1, -0.05) is 30.3 Å². The fourth-order valence-corrected chi connectivity index (χ4v) is 2.89. The summed E-state index contributed by atoms with van der Waals surface area (Å²) in [5.74, 6) is 0.420. The average molecular weight is 271 g/mol. The molecule has 0 unspecified atom stereocenters. The van der Waals surface area contributed by atoms with E-state index in [0.29, 0.717) is 6.54 Å². The molecule has 1 aromatic carbocycles. The summed E-state index contributed by atoms with van der Waals surface area (Å²) in [5.41, 5.74) is 6.15. The SMILES string of the molecule is Nc1ccn(C[C@]2(c3ccccc3)C[C@@H]2CO)c(=O)n1. The van der Waals surface area contributed by atoms with Crippen LogP contribution in [0.25, 0.3) is 0 Å². The van der Waals surface area contributed by atoms with Crippen LogP contribution in [0.15, 0.2) is 47.4 Å². The Labute approximate surface area is 116 Å². The molecule has 3 rings (SSSR count). The molecule has 104 valence electrons. The molecule has 1 aromatic heterocycles. The molecule has 1 heterocycles. The first kappa shape index (κ1) is 12.9. The normalized spacial score (nSPS) is 24.6. The second-order valence-electron chi connectivity index (χ2n) is 5.37. The molecule has 2 atom stereocenters. The number of nitrogens with zero attached hydrogens (tertiary/aromatic N) is 2. The standard InChI is InChI=1S/C15H17N3O2/c16-13-6-7-18(14(20)17-13)10-15(8-12(15)9-19)11-4-2-1-3-5-11/h1-7,12,19H,8-10H2,(H2,16,17,20)/t12-,15+/m1/s1. The zero-order valence-electron chi connectivity index (χ0n) is 11.1. The number of aliphatic hydroxyl groups is 1. The van der Waals surface area contributed by atoms with E-state index in [1.165, 1.54) is 0 Å². The van der Waals surface area contributed by atoms with Crippen molar-refractivity contribution < 1.29 is 5.11 Å². The van der Waals surface area contributed by atoms with Crippen molar-refractivity contribution in [3.05, 3.63) is 58.6 Å². The molecule has 0 amide bonds. The van der Waals surface area contributed by atoms with Crippen LogP contribution in [0.5, 0.6) is 0 Å². The van der Waals surface area contributed by atoms with E-state index in [9.17, 15) is 9.90 Å². The average Bonchev–Trinajstić information content (AvgIpc) is 3.18.